The third kappa shape index (κ3) is 3.36. The highest BCUT2D eigenvalue weighted by molar-refractivity contribution is 7.89. The van der Waals surface area contributed by atoms with Crippen LogP contribution in [0.3, 0.4) is 0 Å². The van der Waals surface area contributed by atoms with Crippen LogP contribution in [-0.2, 0) is 21.8 Å². The van der Waals surface area contributed by atoms with Gasteiger partial charge in [0.15, 0.2) is 5.82 Å². The molecule has 0 bridgehead atoms. The lowest BCUT2D eigenvalue weighted by Gasteiger charge is -2.32. The van der Waals surface area contributed by atoms with Crippen LogP contribution in [0.2, 0.25) is 5.02 Å². The van der Waals surface area contributed by atoms with Crippen molar-refractivity contribution in [1.82, 2.24) is 24.2 Å². The number of nitrogens with zero attached hydrogens (tertiary/aromatic N) is 5. The molecule has 11 heteroatoms. The maximum Gasteiger partial charge on any atom is 0.261 e. The maximum absolute atomic E-state index is 13.2. The van der Waals surface area contributed by atoms with E-state index in [9.17, 15) is 8.42 Å². The number of aromatic nitrogens is 4. The third-order valence-electron chi connectivity index (χ3n) is 4.19. The molecular formula is C16H16ClN5O4S. The van der Waals surface area contributed by atoms with Crippen molar-refractivity contribution in [1.29, 1.82) is 0 Å². The maximum atomic E-state index is 13.2. The lowest BCUT2D eigenvalue weighted by molar-refractivity contribution is 0.0282. The number of sulfonamides is 1. The van der Waals surface area contributed by atoms with Crippen molar-refractivity contribution < 1.29 is 17.7 Å². The molecule has 142 valence electrons. The number of morpholine rings is 1. The lowest BCUT2D eigenvalue weighted by atomic mass is 10.2. The Kier molecular flexibility index (Phi) is 4.72. The molecule has 4 rings (SSSR count). The van der Waals surface area contributed by atoms with E-state index in [0.29, 0.717) is 5.56 Å². The van der Waals surface area contributed by atoms with Crippen molar-refractivity contribution in [2.24, 2.45) is 7.05 Å². The molecule has 0 saturated carbocycles. The summed E-state index contributed by atoms with van der Waals surface area (Å²) in [4.78, 5) is 4.38. The molecule has 2 aromatic heterocycles. The summed E-state index contributed by atoms with van der Waals surface area (Å²) in [5, 5.41) is 8.18. The first-order valence-corrected chi connectivity index (χ1v) is 9.95. The van der Waals surface area contributed by atoms with Gasteiger partial charge in [-0.05, 0) is 12.1 Å². The molecular weight excluding hydrogens is 394 g/mol. The average molecular weight is 410 g/mol. The summed E-state index contributed by atoms with van der Waals surface area (Å²) in [6, 6.07) is 5.61. The molecule has 27 heavy (non-hydrogen) atoms. The Balaban J connectivity index is 1.69. The van der Waals surface area contributed by atoms with E-state index in [1.165, 1.54) is 10.4 Å². The Morgan fingerprint density at radius 2 is 2.11 bits per heavy atom. The fraction of sp³-hybridized carbons (Fsp3) is 0.312. The predicted molar refractivity (Wildman–Crippen MR) is 95.4 cm³/mol. The second-order valence-corrected chi connectivity index (χ2v) is 8.26. The van der Waals surface area contributed by atoms with E-state index >= 15 is 0 Å². The number of aryl methyl sites for hydroxylation is 1. The summed E-state index contributed by atoms with van der Waals surface area (Å²) < 4.78 is 40.0. The molecule has 0 N–H and O–H groups in total. The smallest absolute Gasteiger partial charge is 0.261 e. The van der Waals surface area contributed by atoms with Crippen LogP contribution < -0.4 is 0 Å². The van der Waals surface area contributed by atoms with E-state index in [2.05, 4.69) is 15.2 Å². The summed E-state index contributed by atoms with van der Waals surface area (Å²) in [7, 11) is -2.09. The number of halogens is 1. The molecule has 3 heterocycles. The summed E-state index contributed by atoms with van der Waals surface area (Å²) in [6.07, 6.45) is 3.32. The molecule has 0 spiro atoms. The molecule has 1 aliphatic heterocycles. The molecule has 3 aromatic rings. The van der Waals surface area contributed by atoms with Crippen LogP contribution in [0.15, 0.2) is 46.1 Å². The zero-order valence-corrected chi connectivity index (χ0v) is 15.9. The first kappa shape index (κ1) is 18.1. The monoisotopic (exact) mass is 409 g/mol. The van der Waals surface area contributed by atoms with Gasteiger partial charge in [0.1, 0.15) is 10.9 Å². The standard InChI is InChI=1S/C16H16ClN5O4S/c1-21-9-11(8-18-21)16-19-15(20-26-16)13-10-25-7-6-22(13)27(23,24)14-5-3-2-4-12(14)17/h2-5,8-9,13H,6-7,10H2,1H3/t13-/m1/s1. The number of ether oxygens (including phenoxy) is 1. The molecule has 1 fully saturated rings. The summed E-state index contributed by atoms with van der Waals surface area (Å²) in [5.74, 6) is 0.489. The SMILES string of the molecule is Cn1cc(-c2nc([C@H]3COCCN3S(=O)(=O)c3ccccc3Cl)no2)cn1. The molecule has 9 nitrogen and oxygen atoms in total. The largest absolute Gasteiger partial charge is 0.378 e. The highest BCUT2D eigenvalue weighted by Gasteiger charge is 2.38. The number of rotatable bonds is 4. The van der Waals surface area contributed by atoms with Gasteiger partial charge in [-0.2, -0.15) is 14.4 Å². The summed E-state index contributed by atoms with van der Waals surface area (Å²) in [6.45, 7) is 0.554. The van der Waals surface area contributed by atoms with Gasteiger partial charge in [0.2, 0.25) is 10.0 Å². The van der Waals surface area contributed by atoms with Crippen LogP contribution in [0.25, 0.3) is 11.5 Å². The van der Waals surface area contributed by atoms with E-state index in [4.69, 9.17) is 20.9 Å². The van der Waals surface area contributed by atoms with Crippen molar-refractivity contribution in [3.8, 4) is 11.5 Å². The molecule has 1 aromatic carbocycles. The predicted octanol–water partition coefficient (Wildman–Crippen LogP) is 1.89. The minimum absolute atomic E-state index is 0.0366. The zero-order chi connectivity index (χ0) is 19.0. The highest BCUT2D eigenvalue weighted by Crippen LogP contribution is 2.32. The highest BCUT2D eigenvalue weighted by atomic mass is 35.5. The second kappa shape index (κ2) is 7.04. The van der Waals surface area contributed by atoms with Crippen LogP contribution in [0.4, 0.5) is 0 Å². The number of hydrogen-bond donors (Lipinski definition) is 0. The third-order valence-corrected chi connectivity index (χ3v) is 6.60. The van der Waals surface area contributed by atoms with Gasteiger partial charge in [-0.25, -0.2) is 8.42 Å². The minimum atomic E-state index is -3.86. The van der Waals surface area contributed by atoms with Crippen molar-refractivity contribution >= 4 is 21.6 Å². The molecule has 0 amide bonds. The molecule has 0 radical (unpaired) electrons. The average Bonchev–Trinajstić information content (AvgIpc) is 3.31. The van der Waals surface area contributed by atoms with Crippen molar-refractivity contribution in [2.45, 2.75) is 10.9 Å². The molecule has 1 saturated heterocycles. The van der Waals surface area contributed by atoms with Crippen molar-refractivity contribution in [2.75, 3.05) is 19.8 Å². The van der Waals surface area contributed by atoms with E-state index in [1.54, 1.807) is 42.3 Å². The van der Waals surface area contributed by atoms with E-state index < -0.39 is 16.1 Å². The number of hydrogen-bond acceptors (Lipinski definition) is 7. The molecule has 0 unspecified atom stereocenters. The van der Waals surface area contributed by atoms with Gasteiger partial charge >= 0.3 is 0 Å². The van der Waals surface area contributed by atoms with Crippen molar-refractivity contribution in [3.05, 3.63) is 47.5 Å². The summed E-state index contributed by atoms with van der Waals surface area (Å²) >= 11 is 6.11. The van der Waals surface area contributed by atoms with Gasteiger partial charge in [-0.15, -0.1) is 0 Å². The van der Waals surface area contributed by atoms with Crippen LogP contribution in [0.5, 0.6) is 0 Å². The zero-order valence-electron chi connectivity index (χ0n) is 14.3. The lowest BCUT2D eigenvalue weighted by Crippen LogP contribution is -2.43. The number of benzene rings is 1. The van der Waals surface area contributed by atoms with Gasteiger partial charge in [0, 0.05) is 19.8 Å². The Hall–Kier alpha value is -2.27. The Labute approximate surface area is 160 Å². The van der Waals surface area contributed by atoms with Gasteiger partial charge in [-0.1, -0.05) is 28.9 Å². The first-order valence-electron chi connectivity index (χ1n) is 8.13. The van der Waals surface area contributed by atoms with Gasteiger partial charge in [-0.3, -0.25) is 4.68 Å². The van der Waals surface area contributed by atoms with Gasteiger partial charge in [0.25, 0.3) is 5.89 Å². The van der Waals surface area contributed by atoms with Crippen LogP contribution in [0.1, 0.15) is 11.9 Å². The fourth-order valence-corrected chi connectivity index (χ4v) is 4.93. The van der Waals surface area contributed by atoms with E-state index in [0.717, 1.165) is 0 Å². The van der Waals surface area contributed by atoms with Gasteiger partial charge in [0.05, 0.1) is 30.0 Å². The Morgan fingerprint density at radius 1 is 1.30 bits per heavy atom. The van der Waals surface area contributed by atoms with E-state index in [1.807, 2.05) is 0 Å². The minimum Gasteiger partial charge on any atom is -0.378 e. The van der Waals surface area contributed by atoms with Crippen molar-refractivity contribution in [3.63, 3.8) is 0 Å². The van der Waals surface area contributed by atoms with E-state index in [-0.39, 0.29) is 41.4 Å². The molecule has 1 atom stereocenters. The second-order valence-electron chi connectivity index (χ2n) is 6.00. The van der Waals surface area contributed by atoms with Crippen LogP contribution >= 0.6 is 11.6 Å². The molecule has 1 aliphatic rings. The van der Waals surface area contributed by atoms with Crippen LogP contribution in [0, 0.1) is 0 Å². The Bertz CT molecular complexity index is 1060. The fourth-order valence-electron chi connectivity index (χ4n) is 2.88. The topological polar surface area (TPSA) is 103 Å². The van der Waals surface area contributed by atoms with Gasteiger partial charge < -0.3 is 9.26 Å². The summed E-state index contributed by atoms with van der Waals surface area (Å²) in [5.41, 5.74) is 0.647. The van der Waals surface area contributed by atoms with Crippen LogP contribution in [-0.4, -0.2) is 52.4 Å². The normalized spacial score (nSPS) is 18.7. The molecule has 0 aliphatic carbocycles. The quantitative estimate of drug-likeness (QED) is 0.648. The Morgan fingerprint density at radius 3 is 2.85 bits per heavy atom. The first-order chi connectivity index (χ1) is 13.0.